The average molecular weight is 369 g/mol. The number of carbonyl (C=O) groups excluding carboxylic acids is 1. The molecule has 0 saturated heterocycles. The van der Waals surface area contributed by atoms with Gasteiger partial charge in [-0.3, -0.25) is 10.1 Å². The first-order valence-corrected chi connectivity index (χ1v) is 8.64. The summed E-state index contributed by atoms with van der Waals surface area (Å²) >= 11 is 4.99. The van der Waals surface area contributed by atoms with Crippen molar-refractivity contribution in [3.63, 3.8) is 0 Å². The Morgan fingerprint density at radius 1 is 1.62 bits per heavy atom. The van der Waals surface area contributed by atoms with Crippen molar-refractivity contribution in [2.45, 2.75) is 32.9 Å². The van der Waals surface area contributed by atoms with Gasteiger partial charge in [0.2, 0.25) is 0 Å². The molecule has 7 heteroatoms. The zero-order chi connectivity index (χ0) is 14.8. The van der Waals surface area contributed by atoms with E-state index in [2.05, 4.69) is 38.5 Å². The van der Waals surface area contributed by atoms with Crippen LogP contribution < -0.4 is 10.6 Å². The van der Waals surface area contributed by atoms with E-state index in [1.54, 1.807) is 11.3 Å². The molecule has 2 N–H and O–H groups in total. The van der Waals surface area contributed by atoms with Gasteiger partial charge in [0.1, 0.15) is 5.69 Å². The summed E-state index contributed by atoms with van der Waals surface area (Å²) in [5, 5.41) is 6.93. The summed E-state index contributed by atoms with van der Waals surface area (Å²) in [6.45, 7) is 4.72. The molecule has 0 fully saturated rings. The van der Waals surface area contributed by atoms with E-state index in [1.807, 2.05) is 16.8 Å². The first-order chi connectivity index (χ1) is 10.2. The molecule has 0 saturated carbocycles. The Morgan fingerprint density at radius 2 is 2.48 bits per heavy atom. The van der Waals surface area contributed by atoms with Crippen molar-refractivity contribution in [2.24, 2.45) is 0 Å². The smallest absolute Gasteiger partial charge is 0.274 e. The van der Waals surface area contributed by atoms with Crippen LogP contribution in [0.5, 0.6) is 0 Å². The van der Waals surface area contributed by atoms with E-state index in [9.17, 15) is 4.79 Å². The van der Waals surface area contributed by atoms with Crippen molar-refractivity contribution < 1.29 is 4.79 Å². The van der Waals surface area contributed by atoms with Crippen molar-refractivity contribution in [2.75, 3.05) is 11.9 Å². The van der Waals surface area contributed by atoms with Gasteiger partial charge < -0.3 is 9.88 Å². The number of fused-ring (bicyclic) bond motifs is 1. The number of nitrogens with one attached hydrogen (secondary N) is 2. The quantitative estimate of drug-likeness (QED) is 0.871. The highest BCUT2D eigenvalue weighted by Crippen LogP contribution is 2.26. The van der Waals surface area contributed by atoms with Crippen LogP contribution in [0.25, 0.3) is 0 Å². The summed E-state index contributed by atoms with van der Waals surface area (Å²) in [5.74, 6) is -0.104. The lowest BCUT2D eigenvalue weighted by Crippen LogP contribution is -2.22. The second-order valence-electron chi connectivity index (χ2n) is 5.01. The maximum atomic E-state index is 12.4. The number of amides is 1. The normalized spacial score (nSPS) is 14.0. The standard InChI is InChI=1S/C14H17BrN4OS/c1-2-5-19-8-9(15)6-11(19)13(20)18-14-17-10-3-4-16-7-12(10)21-14/h6,8,16H,2-5,7H2,1H3,(H,17,18,20). The zero-order valence-electron chi connectivity index (χ0n) is 11.8. The van der Waals surface area contributed by atoms with Gasteiger partial charge in [-0.05, 0) is 28.4 Å². The van der Waals surface area contributed by atoms with Crippen LogP contribution in [0.15, 0.2) is 16.7 Å². The van der Waals surface area contributed by atoms with Crippen LogP contribution >= 0.6 is 27.3 Å². The minimum Gasteiger partial charge on any atom is -0.342 e. The third kappa shape index (κ3) is 3.20. The molecule has 0 bridgehead atoms. The van der Waals surface area contributed by atoms with Gasteiger partial charge in [-0.2, -0.15) is 0 Å². The Hall–Kier alpha value is -1.18. The largest absolute Gasteiger partial charge is 0.342 e. The number of nitrogens with zero attached hydrogens (tertiary/aromatic N) is 2. The van der Waals surface area contributed by atoms with Crippen LogP contribution in [0.1, 0.15) is 34.4 Å². The van der Waals surface area contributed by atoms with E-state index >= 15 is 0 Å². The molecule has 2 aromatic rings. The molecule has 1 aliphatic rings. The fraction of sp³-hybridized carbons (Fsp3) is 0.429. The lowest BCUT2D eigenvalue weighted by molar-refractivity contribution is 0.101. The lowest BCUT2D eigenvalue weighted by Gasteiger charge is -2.09. The van der Waals surface area contributed by atoms with E-state index in [1.165, 1.54) is 4.88 Å². The molecule has 0 radical (unpaired) electrons. The van der Waals surface area contributed by atoms with Crippen molar-refractivity contribution in [1.29, 1.82) is 0 Å². The van der Waals surface area contributed by atoms with Gasteiger partial charge in [0, 0.05) is 41.6 Å². The molecule has 0 spiro atoms. The Kier molecular flexibility index (Phi) is 4.42. The Labute approximate surface area is 135 Å². The number of aryl methyl sites for hydroxylation is 1. The topological polar surface area (TPSA) is 59.0 Å². The molecular weight excluding hydrogens is 352 g/mol. The van der Waals surface area contributed by atoms with Crippen molar-refractivity contribution >= 4 is 38.3 Å². The van der Waals surface area contributed by atoms with Crippen LogP contribution in [0.3, 0.4) is 0 Å². The summed E-state index contributed by atoms with van der Waals surface area (Å²) in [5.41, 5.74) is 1.77. The van der Waals surface area contributed by atoms with E-state index < -0.39 is 0 Å². The van der Waals surface area contributed by atoms with Gasteiger partial charge in [-0.15, -0.1) is 11.3 Å². The minimum atomic E-state index is -0.104. The second-order valence-corrected chi connectivity index (χ2v) is 7.01. The first kappa shape index (κ1) is 14.7. The molecule has 0 aromatic carbocycles. The van der Waals surface area contributed by atoms with Gasteiger partial charge >= 0.3 is 0 Å². The number of carbonyl (C=O) groups is 1. The molecule has 21 heavy (non-hydrogen) atoms. The third-order valence-corrected chi connectivity index (χ3v) is 4.83. The molecule has 0 unspecified atom stereocenters. The molecule has 1 aliphatic heterocycles. The molecular formula is C14H17BrN4OS. The van der Waals surface area contributed by atoms with Crippen molar-refractivity contribution in [3.05, 3.63) is 33.0 Å². The van der Waals surface area contributed by atoms with E-state index in [0.717, 1.165) is 42.6 Å². The highest BCUT2D eigenvalue weighted by atomic mass is 79.9. The second kappa shape index (κ2) is 6.29. The molecule has 112 valence electrons. The van der Waals surface area contributed by atoms with Gasteiger partial charge in [-0.25, -0.2) is 4.98 Å². The van der Waals surface area contributed by atoms with E-state index in [4.69, 9.17) is 0 Å². The van der Waals surface area contributed by atoms with Crippen molar-refractivity contribution in [3.8, 4) is 0 Å². The Bertz CT molecular complexity index is 640. The Morgan fingerprint density at radius 3 is 3.24 bits per heavy atom. The lowest BCUT2D eigenvalue weighted by atomic mass is 10.2. The molecule has 0 atom stereocenters. The molecule has 3 rings (SSSR count). The third-order valence-electron chi connectivity index (χ3n) is 3.38. The highest BCUT2D eigenvalue weighted by Gasteiger charge is 2.18. The molecule has 3 heterocycles. The van der Waals surface area contributed by atoms with Crippen LogP contribution in [0.2, 0.25) is 0 Å². The SMILES string of the molecule is CCCn1cc(Br)cc1C(=O)Nc1nc2c(s1)CNCC2. The van der Waals surface area contributed by atoms with Crippen molar-refractivity contribution in [1.82, 2.24) is 14.9 Å². The summed E-state index contributed by atoms with van der Waals surface area (Å²) in [7, 11) is 0. The maximum Gasteiger partial charge on any atom is 0.274 e. The number of anilines is 1. The van der Waals surface area contributed by atoms with E-state index in [-0.39, 0.29) is 5.91 Å². The molecule has 2 aromatic heterocycles. The number of halogens is 1. The van der Waals surface area contributed by atoms with Crippen LogP contribution in [0.4, 0.5) is 5.13 Å². The van der Waals surface area contributed by atoms with Gasteiger partial charge in [0.15, 0.2) is 5.13 Å². The van der Waals surface area contributed by atoms with E-state index in [0.29, 0.717) is 10.8 Å². The predicted molar refractivity (Wildman–Crippen MR) is 87.9 cm³/mol. The van der Waals surface area contributed by atoms with Crippen LogP contribution in [0, 0.1) is 0 Å². The van der Waals surface area contributed by atoms with Crippen LogP contribution in [-0.4, -0.2) is 22.0 Å². The van der Waals surface area contributed by atoms with Gasteiger partial charge in [-0.1, -0.05) is 6.92 Å². The Balaban J connectivity index is 1.78. The zero-order valence-corrected chi connectivity index (χ0v) is 14.2. The summed E-state index contributed by atoms with van der Waals surface area (Å²) in [6, 6.07) is 1.85. The number of rotatable bonds is 4. The molecule has 5 nitrogen and oxygen atoms in total. The summed E-state index contributed by atoms with van der Waals surface area (Å²) in [4.78, 5) is 18.2. The summed E-state index contributed by atoms with van der Waals surface area (Å²) < 4.78 is 2.89. The minimum absolute atomic E-state index is 0.104. The first-order valence-electron chi connectivity index (χ1n) is 7.03. The number of thiazole rings is 1. The number of aromatic nitrogens is 2. The maximum absolute atomic E-state index is 12.4. The fourth-order valence-electron chi connectivity index (χ4n) is 2.43. The number of hydrogen-bond acceptors (Lipinski definition) is 4. The number of hydrogen-bond donors (Lipinski definition) is 2. The van der Waals surface area contributed by atoms with Gasteiger partial charge in [0.05, 0.1) is 5.69 Å². The molecule has 0 aliphatic carbocycles. The predicted octanol–water partition coefficient (Wildman–Crippen LogP) is 3.02. The monoisotopic (exact) mass is 368 g/mol. The summed E-state index contributed by atoms with van der Waals surface area (Å²) in [6.07, 6.45) is 3.85. The average Bonchev–Trinajstić information content (AvgIpc) is 3.02. The fourth-order valence-corrected chi connectivity index (χ4v) is 3.87. The molecule has 1 amide bonds. The highest BCUT2D eigenvalue weighted by molar-refractivity contribution is 9.10. The van der Waals surface area contributed by atoms with Gasteiger partial charge in [0.25, 0.3) is 5.91 Å². The van der Waals surface area contributed by atoms with Crippen LogP contribution in [-0.2, 0) is 19.5 Å².